The van der Waals surface area contributed by atoms with Gasteiger partial charge in [-0.15, -0.1) is 0 Å². The molecule has 0 aliphatic carbocycles. The highest BCUT2D eigenvalue weighted by Crippen LogP contribution is 2.12. The Balaban J connectivity index is 2.12. The van der Waals surface area contributed by atoms with Gasteiger partial charge < -0.3 is 5.73 Å². The van der Waals surface area contributed by atoms with Crippen LogP contribution in [0.3, 0.4) is 0 Å². The minimum atomic E-state index is -0.344. The standard InChI is InChI=1S/C14H10FN5O/c15-9-1-3-10(4-2-9)20-8-6-12(21)13(19-20)11-5-7-17-14(16)18-11/h1-8H,(H2,16,17,18). The van der Waals surface area contributed by atoms with Gasteiger partial charge in [0, 0.05) is 18.5 Å². The van der Waals surface area contributed by atoms with Crippen LogP contribution in [0.2, 0.25) is 0 Å². The van der Waals surface area contributed by atoms with E-state index in [9.17, 15) is 9.18 Å². The molecule has 0 saturated carbocycles. The molecule has 0 amide bonds. The number of halogens is 1. The van der Waals surface area contributed by atoms with E-state index >= 15 is 0 Å². The average Bonchev–Trinajstić information content (AvgIpc) is 2.49. The van der Waals surface area contributed by atoms with Crippen LogP contribution < -0.4 is 11.2 Å². The summed E-state index contributed by atoms with van der Waals surface area (Å²) in [6.07, 6.45) is 2.96. The van der Waals surface area contributed by atoms with Crippen molar-refractivity contribution in [3.8, 4) is 17.1 Å². The highest BCUT2D eigenvalue weighted by atomic mass is 19.1. The van der Waals surface area contributed by atoms with Crippen LogP contribution >= 0.6 is 0 Å². The third kappa shape index (κ3) is 2.62. The van der Waals surface area contributed by atoms with Crippen molar-refractivity contribution in [3.05, 3.63) is 64.8 Å². The largest absolute Gasteiger partial charge is 0.368 e. The molecule has 21 heavy (non-hydrogen) atoms. The fourth-order valence-electron chi connectivity index (χ4n) is 1.83. The molecule has 3 aromatic rings. The zero-order chi connectivity index (χ0) is 14.8. The number of nitrogen functional groups attached to an aromatic ring is 1. The van der Waals surface area contributed by atoms with Crippen LogP contribution in [0.1, 0.15) is 0 Å². The van der Waals surface area contributed by atoms with Crippen molar-refractivity contribution in [2.24, 2.45) is 0 Å². The van der Waals surface area contributed by atoms with Crippen molar-refractivity contribution in [2.75, 3.05) is 5.73 Å². The van der Waals surface area contributed by atoms with Crippen LogP contribution in [0.25, 0.3) is 17.1 Å². The zero-order valence-corrected chi connectivity index (χ0v) is 10.8. The maximum absolute atomic E-state index is 12.9. The van der Waals surface area contributed by atoms with Crippen molar-refractivity contribution in [1.82, 2.24) is 19.7 Å². The van der Waals surface area contributed by atoms with Gasteiger partial charge in [0.2, 0.25) is 11.4 Å². The molecule has 0 aliphatic rings. The maximum Gasteiger partial charge on any atom is 0.220 e. The third-order valence-electron chi connectivity index (χ3n) is 2.82. The number of anilines is 1. The number of hydrogen-bond donors (Lipinski definition) is 1. The Morgan fingerprint density at radius 1 is 1.10 bits per heavy atom. The SMILES string of the molecule is Nc1nccc(-c2nn(-c3ccc(F)cc3)ccc2=O)n1. The molecular weight excluding hydrogens is 273 g/mol. The molecule has 2 N–H and O–H groups in total. The van der Waals surface area contributed by atoms with Crippen LogP contribution in [-0.4, -0.2) is 19.7 Å². The Kier molecular flexibility index (Phi) is 3.15. The topological polar surface area (TPSA) is 86.7 Å². The number of nitrogens with two attached hydrogens (primary N) is 1. The summed E-state index contributed by atoms with van der Waals surface area (Å²) in [5.41, 5.74) is 6.34. The second-order valence-electron chi connectivity index (χ2n) is 4.25. The van der Waals surface area contributed by atoms with Gasteiger partial charge in [-0.2, -0.15) is 5.10 Å². The van der Waals surface area contributed by atoms with Gasteiger partial charge in [-0.05, 0) is 30.3 Å². The summed E-state index contributed by atoms with van der Waals surface area (Å²) in [6.45, 7) is 0. The van der Waals surface area contributed by atoms with Gasteiger partial charge in [-0.25, -0.2) is 19.0 Å². The van der Waals surface area contributed by atoms with Crippen molar-refractivity contribution in [2.45, 2.75) is 0 Å². The van der Waals surface area contributed by atoms with Crippen molar-refractivity contribution in [1.29, 1.82) is 0 Å². The van der Waals surface area contributed by atoms with Crippen LogP contribution in [-0.2, 0) is 0 Å². The summed E-state index contributed by atoms with van der Waals surface area (Å²) in [7, 11) is 0. The number of rotatable bonds is 2. The third-order valence-corrected chi connectivity index (χ3v) is 2.82. The Hall–Kier alpha value is -3.09. The lowest BCUT2D eigenvalue weighted by Crippen LogP contribution is -2.13. The molecule has 2 heterocycles. The van der Waals surface area contributed by atoms with E-state index in [4.69, 9.17) is 5.73 Å². The van der Waals surface area contributed by atoms with E-state index in [1.165, 1.54) is 35.3 Å². The quantitative estimate of drug-likeness (QED) is 0.768. The Labute approximate surface area is 118 Å². The summed E-state index contributed by atoms with van der Waals surface area (Å²) in [5.74, 6) is -0.283. The van der Waals surface area contributed by atoms with Gasteiger partial charge in [-0.3, -0.25) is 4.79 Å². The first kappa shape index (κ1) is 12.9. The fourth-order valence-corrected chi connectivity index (χ4v) is 1.83. The lowest BCUT2D eigenvalue weighted by atomic mass is 10.2. The molecule has 7 heteroatoms. The van der Waals surface area contributed by atoms with Gasteiger partial charge in [0.15, 0.2) is 5.69 Å². The molecule has 104 valence electrons. The van der Waals surface area contributed by atoms with Gasteiger partial charge in [0.1, 0.15) is 11.5 Å². The first-order chi connectivity index (χ1) is 10.1. The predicted molar refractivity (Wildman–Crippen MR) is 75.2 cm³/mol. The van der Waals surface area contributed by atoms with Crippen LogP contribution in [0.15, 0.2) is 53.6 Å². The molecule has 0 bridgehead atoms. The Morgan fingerprint density at radius 3 is 2.57 bits per heavy atom. The van der Waals surface area contributed by atoms with E-state index in [-0.39, 0.29) is 22.9 Å². The molecule has 3 rings (SSSR count). The zero-order valence-electron chi connectivity index (χ0n) is 10.8. The van der Waals surface area contributed by atoms with Gasteiger partial charge in [-0.1, -0.05) is 0 Å². The molecule has 6 nitrogen and oxygen atoms in total. The second kappa shape index (κ2) is 5.12. The van der Waals surface area contributed by atoms with Crippen molar-refractivity contribution in [3.63, 3.8) is 0 Å². The van der Waals surface area contributed by atoms with E-state index in [1.54, 1.807) is 18.2 Å². The Bertz CT molecular complexity index is 844. The maximum atomic E-state index is 12.9. The molecular formula is C14H10FN5O. The van der Waals surface area contributed by atoms with E-state index < -0.39 is 0 Å². The first-order valence-electron chi connectivity index (χ1n) is 6.08. The van der Waals surface area contributed by atoms with Gasteiger partial charge >= 0.3 is 0 Å². The van der Waals surface area contributed by atoms with Crippen LogP contribution in [0, 0.1) is 5.82 Å². The summed E-state index contributed by atoms with van der Waals surface area (Å²) in [6, 6.07) is 8.67. The summed E-state index contributed by atoms with van der Waals surface area (Å²) in [4.78, 5) is 19.7. The molecule has 0 saturated heterocycles. The summed E-state index contributed by atoms with van der Waals surface area (Å²) in [5, 5.41) is 4.22. The summed E-state index contributed by atoms with van der Waals surface area (Å²) < 4.78 is 14.4. The number of nitrogens with zero attached hydrogens (tertiary/aromatic N) is 4. The van der Waals surface area contributed by atoms with Crippen LogP contribution in [0.5, 0.6) is 0 Å². The lowest BCUT2D eigenvalue weighted by Gasteiger charge is -2.07. The van der Waals surface area contributed by atoms with Crippen molar-refractivity contribution < 1.29 is 4.39 Å². The minimum Gasteiger partial charge on any atom is -0.368 e. The minimum absolute atomic E-state index is 0.0610. The Morgan fingerprint density at radius 2 is 1.86 bits per heavy atom. The van der Waals surface area contributed by atoms with Gasteiger partial charge in [0.25, 0.3) is 0 Å². The normalized spacial score (nSPS) is 10.5. The van der Waals surface area contributed by atoms with E-state index in [0.29, 0.717) is 11.4 Å². The highest BCUT2D eigenvalue weighted by Gasteiger charge is 2.09. The van der Waals surface area contributed by atoms with E-state index in [1.807, 2.05) is 0 Å². The molecule has 0 atom stereocenters. The smallest absolute Gasteiger partial charge is 0.220 e. The first-order valence-corrected chi connectivity index (χ1v) is 6.08. The van der Waals surface area contributed by atoms with Crippen molar-refractivity contribution >= 4 is 5.95 Å². The number of benzene rings is 1. The van der Waals surface area contributed by atoms with E-state index in [2.05, 4.69) is 15.1 Å². The molecule has 0 unspecified atom stereocenters. The van der Waals surface area contributed by atoms with E-state index in [0.717, 1.165) is 0 Å². The molecule has 0 fully saturated rings. The molecule has 2 aromatic heterocycles. The van der Waals surface area contributed by atoms with Gasteiger partial charge in [0.05, 0.1) is 5.69 Å². The fraction of sp³-hybridized carbons (Fsp3) is 0. The highest BCUT2D eigenvalue weighted by molar-refractivity contribution is 5.54. The monoisotopic (exact) mass is 283 g/mol. The second-order valence-corrected chi connectivity index (χ2v) is 4.25. The molecule has 0 radical (unpaired) electrons. The lowest BCUT2D eigenvalue weighted by molar-refractivity contribution is 0.627. The number of aromatic nitrogens is 4. The number of hydrogen-bond acceptors (Lipinski definition) is 5. The molecule has 0 aliphatic heterocycles. The summed E-state index contributed by atoms with van der Waals surface area (Å²) >= 11 is 0. The van der Waals surface area contributed by atoms with Crippen LogP contribution in [0.4, 0.5) is 10.3 Å². The average molecular weight is 283 g/mol. The molecule has 0 spiro atoms. The molecule has 1 aromatic carbocycles. The predicted octanol–water partition coefficient (Wildman–Crippen LogP) is 1.41.